The molecule has 1 unspecified atom stereocenters. The fraction of sp³-hybridized carbons (Fsp3) is 0.632. The van der Waals surface area contributed by atoms with Crippen molar-refractivity contribution in [1.29, 1.82) is 0 Å². The SMILES string of the molecule is CN=C(NCCc1cc(C)cc(C)c1)NCC1CN(C)CCN1C. The summed E-state index contributed by atoms with van der Waals surface area (Å²) in [6, 6.07) is 7.27. The fourth-order valence-electron chi connectivity index (χ4n) is 3.30. The number of aliphatic imine (C=N–C) groups is 1. The first-order chi connectivity index (χ1) is 11.5. The Balaban J connectivity index is 1.76. The molecule has 0 aliphatic carbocycles. The third kappa shape index (κ3) is 5.80. The van der Waals surface area contributed by atoms with E-state index in [0.717, 1.165) is 45.1 Å². The van der Waals surface area contributed by atoms with Crippen LogP contribution in [0.15, 0.2) is 23.2 Å². The third-order valence-electron chi connectivity index (χ3n) is 4.70. The van der Waals surface area contributed by atoms with Gasteiger partial charge in [-0.05, 0) is 39.9 Å². The number of piperazine rings is 1. The van der Waals surface area contributed by atoms with E-state index in [1.807, 2.05) is 7.05 Å². The Kier molecular flexibility index (Phi) is 7.06. The van der Waals surface area contributed by atoms with E-state index >= 15 is 0 Å². The van der Waals surface area contributed by atoms with Crippen molar-refractivity contribution in [2.75, 3.05) is 53.9 Å². The molecule has 0 saturated carbocycles. The molecule has 2 N–H and O–H groups in total. The number of hydrogen-bond acceptors (Lipinski definition) is 3. The van der Waals surface area contributed by atoms with Gasteiger partial charge in [-0.2, -0.15) is 0 Å². The molecule has 0 spiro atoms. The van der Waals surface area contributed by atoms with Crippen LogP contribution in [0.25, 0.3) is 0 Å². The van der Waals surface area contributed by atoms with Gasteiger partial charge in [-0.3, -0.25) is 9.89 Å². The van der Waals surface area contributed by atoms with Crippen molar-refractivity contribution in [2.24, 2.45) is 4.99 Å². The summed E-state index contributed by atoms with van der Waals surface area (Å²) in [4.78, 5) is 9.16. The van der Waals surface area contributed by atoms with Gasteiger partial charge in [0.25, 0.3) is 0 Å². The van der Waals surface area contributed by atoms with Crippen LogP contribution in [-0.4, -0.2) is 75.7 Å². The van der Waals surface area contributed by atoms with Gasteiger partial charge in [0, 0.05) is 45.8 Å². The summed E-state index contributed by atoms with van der Waals surface area (Å²) in [5.41, 5.74) is 4.04. The molecule has 0 radical (unpaired) electrons. The van der Waals surface area contributed by atoms with Crippen molar-refractivity contribution in [2.45, 2.75) is 26.3 Å². The van der Waals surface area contributed by atoms with Gasteiger partial charge in [-0.25, -0.2) is 0 Å². The summed E-state index contributed by atoms with van der Waals surface area (Å²) >= 11 is 0. The van der Waals surface area contributed by atoms with Crippen LogP contribution in [0, 0.1) is 13.8 Å². The highest BCUT2D eigenvalue weighted by Crippen LogP contribution is 2.09. The first-order valence-electron chi connectivity index (χ1n) is 8.88. The minimum absolute atomic E-state index is 0.529. The first kappa shape index (κ1) is 18.7. The van der Waals surface area contributed by atoms with Crippen molar-refractivity contribution in [3.05, 3.63) is 34.9 Å². The van der Waals surface area contributed by atoms with E-state index in [9.17, 15) is 0 Å². The second kappa shape index (κ2) is 9.04. The predicted molar refractivity (Wildman–Crippen MR) is 103 cm³/mol. The highest BCUT2D eigenvalue weighted by Gasteiger charge is 2.21. The second-order valence-corrected chi connectivity index (χ2v) is 7.02. The van der Waals surface area contributed by atoms with Crippen LogP contribution in [0.5, 0.6) is 0 Å². The van der Waals surface area contributed by atoms with Gasteiger partial charge in [0.15, 0.2) is 5.96 Å². The summed E-state index contributed by atoms with van der Waals surface area (Å²) in [6.07, 6.45) is 1.01. The topological polar surface area (TPSA) is 42.9 Å². The molecule has 1 aromatic rings. The molecule has 1 aromatic carbocycles. The van der Waals surface area contributed by atoms with Gasteiger partial charge < -0.3 is 15.5 Å². The van der Waals surface area contributed by atoms with Crippen molar-refractivity contribution in [1.82, 2.24) is 20.4 Å². The monoisotopic (exact) mass is 331 g/mol. The number of nitrogens with zero attached hydrogens (tertiary/aromatic N) is 3. The molecule has 134 valence electrons. The molecule has 24 heavy (non-hydrogen) atoms. The summed E-state index contributed by atoms with van der Waals surface area (Å²) in [6.45, 7) is 9.50. The summed E-state index contributed by atoms with van der Waals surface area (Å²) in [5, 5.41) is 6.90. The molecule has 0 aromatic heterocycles. The van der Waals surface area contributed by atoms with Gasteiger partial charge in [-0.15, -0.1) is 0 Å². The Hall–Kier alpha value is -1.59. The van der Waals surface area contributed by atoms with Crippen molar-refractivity contribution in [3.8, 4) is 0 Å². The van der Waals surface area contributed by atoms with Crippen LogP contribution in [0.3, 0.4) is 0 Å². The molecule has 1 atom stereocenters. The van der Waals surface area contributed by atoms with Gasteiger partial charge in [0.1, 0.15) is 0 Å². The first-order valence-corrected chi connectivity index (χ1v) is 8.88. The summed E-state index contributed by atoms with van der Waals surface area (Å²) in [5.74, 6) is 0.890. The van der Waals surface area contributed by atoms with E-state index in [2.05, 4.69) is 71.6 Å². The minimum Gasteiger partial charge on any atom is -0.356 e. The lowest BCUT2D eigenvalue weighted by Crippen LogP contribution is -2.55. The van der Waals surface area contributed by atoms with E-state index in [1.54, 1.807) is 0 Å². The molecular formula is C19H33N5. The minimum atomic E-state index is 0.529. The van der Waals surface area contributed by atoms with Crippen molar-refractivity contribution in [3.63, 3.8) is 0 Å². The molecule has 0 amide bonds. The molecule has 2 rings (SSSR count). The summed E-state index contributed by atoms with van der Waals surface area (Å²) in [7, 11) is 6.23. The maximum atomic E-state index is 4.35. The van der Waals surface area contributed by atoms with E-state index < -0.39 is 0 Å². The highest BCUT2D eigenvalue weighted by atomic mass is 15.3. The van der Waals surface area contributed by atoms with Crippen LogP contribution < -0.4 is 10.6 Å². The summed E-state index contributed by atoms with van der Waals surface area (Å²) < 4.78 is 0. The quantitative estimate of drug-likeness (QED) is 0.630. The lowest BCUT2D eigenvalue weighted by Gasteiger charge is -2.37. The van der Waals surface area contributed by atoms with Crippen LogP contribution in [0.4, 0.5) is 0 Å². The number of nitrogens with one attached hydrogen (secondary N) is 2. The van der Waals surface area contributed by atoms with Crippen LogP contribution >= 0.6 is 0 Å². The Morgan fingerprint density at radius 1 is 1.12 bits per heavy atom. The van der Waals surface area contributed by atoms with Crippen LogP contribution in [0.2, 0.25) is 0 Å². The Labute approximate surface area is 147 Å². The Morgan fingerprint density at radius 3 is 2.50 bits per heavy atom. The number of rotatable bonds is 5. The molecule has 5 nitrogen and oxygen atoms in total. The number of aryl methyl sites for hydroxylation is 2. The standard InChI is InChI=1S/C19H33N5/c1-15-10-16(2)12-17(11-15)6-7-21-19(20-3)22-13-18-14-23(4)8-9-24(18)5/h10-12,18H,6-9,13-14H2,1-5H3,(H2,20,21,22). The lowest BCUT2D eigenvalue weighted by atomic mass is 10.1. The smallest absolute Gasteiger partial charge is 0.191 e. The molecule has 1 heterocycles. The van der Waals surface area contributed by atoms with E-state index in [1.165, 1.54) is 16.7 Å². The molecule has 1 saturated heterocycles. The molecular weight excluding hydrogens is 298 g/mol. The van der Waals surface area contributed by atoms with E-state index in [0.29, 0.717) is 6.04 Å². The lowest BCUT2D eigenvalue weighted by molar-refractivity contribution is 0.116. The Bertz CT molecular complexity index is 534. The van der Waals surface area contributed by atoms with Gasteiger partial charge in [-0.1, -0.05) is 29.3 Å². The maximum Gasteiger partial charge on any atom is 0.191 e. The molecule has 1 aliphatic rings. The number of guanidine groups is 1. The zero-order valence-corrected chi connectivity index (χ0v) is 15.9. The highest BCUT2D eigenvalue weighted by molar-refractivity contribution is 5.79. The molecule has 0 bridgehead atoms. The molecule has 5 heteroatoms. The van der Waals surface area contributed by atoms with E-state index in [-0.39, 0.29) is 0 Å². The molecule has 1 aliphatic heterocycles. The Morgan fingerprint density at radius 2 is 1.83 bits per heavy atom. The third-order valence-corrected chi connectivity index (χ3v) is 4.70. The van der Waals surface area contributed by atoms with Gasteiger partial charge >= 0.3 is 0 Å². The van der Waals surface area contributed by atoms with Crippen molar-refractivity contribution >= 4 is 5.96 Å². The molecule has 1 fully saturated rings. The predicted octanol–water partition coefficient (Wildman–Crippen LogP) is 1.26. The van der Waals surface area contributed by atoms with Gasteiger partial charge in [0.2, 0.25) is 0 Å². The van der Waals surface area contributed by atoms with Crippen LogP contribution in [0.1, 0.15) is 16.7 Å². The number of benzene rings is 1. The average Bonchev–Trinajstić information content (AvgIpc) is 2.52. The van der Waals surface area contributed by atoms with Crippen molar-refractivity contribution < 1.29 is 0 Å². The van der Waals surface area contributed by atoms with E-state index in [4.69, 9.17) is 0 Å². The average molecular weight is 332 g/mol. The largest absolute Gasteiger partial charge is 0.356 e. The number of hydrogen-bond donors (Lipinski definition) is 2. The zero-order valence-electron chi connectivity index (χ0n) is 15.9. The zero-order chi connectivity index (χ0) is 17.5. The maximum absolute atomic E-state index is 4.35. The fourth-order valence-corrected chi connectivity index (χ4v) is 3.30. The van der Waals surface area contributed by atoms with Crippen LogP contribution in [-0.2, 0) is 6.42 Å². The van der Waals surface area contributed by atoms with Gasteiger partial charge in [0.05, 0.1) is 0 Å². The normalized spacial score (nSPS) is 20.2. The second-order valence-electron chi connectivity index (χ2n) is 7.02. The number of likely N-dealkylation sites (N-methyl/N-ethyl adjacent to an activating group) is 2.